The summed E-state index contributed by atoms with van der Waals surface area (Å²) in [6.45, 7) is 0. The number of anilines is 5. The predicted molar refractivity (Wildman–Crippen MR) is 447 cm³/mol. The smallest absolute Gasteiger partial charge is 0.278 e. The molecule has 20 aromatic rings. The minimum atomic E-state index is 0.0110. The first-order chi connectivity index (χ1) is 59.2. The lowest BCUT2D eigenvalue weighted by atomic mass is 10.0. The van der Waals surface area contributed by atoms with Gasteiger partial charge in [0.05, 0.1) is 50.4 Å². The van der Waals surface area contributed by atoms with Gasteiger partial charge in [0.1, 0.15) is 82.9 Å². The van der Waals surface area contributed by atoms with Crippen molar-refractivity contribution in [3.63, 3.8) is 0 Å². The van der Waals surface area contributed by atoms with E-state index in [1.54, 1.807) is 54.1 Å². The van der Waals surface area contributed by atoms with Crippen LogP contribution in [0.25, 0.3) is 167 Å². The van der Waals surface area contributed by atoms with E-state index in [4.69, 9.17) is 33.2 Å². The zero-order valence-corrected chi connectivity index (χ0v) is 63.4. The molecule has 0 aliphatic rings. The number of fused-ring (bicyclic) bond motifs is 5. The van der Waals surface area contributed by atoms with Crippen LogP contribution in [-0.2, 0) is 7.05 Å². The second-order valence-electron chi connectivity index (χ2n) is 25.5. The average molecular weight is 1600 g/mol. The van der Waals surface area contributed by atoms with Crippen molar-refractivity contribution in [3.8, 4) is 143 Å². The number of benzene rings is 5. The maximum Gasteiger partial charge on any atom is 0.278 e. The molecule has 0 aliphatic carbocycles. The van der Waals surface area contributed by atoms with Gasteiger partial charge in [-0.2, -0.15) is 51.0 Å². The van der Waals surface area contributed by atoms with Crippen molar-refractivity contribution in [2.24, 2.45) is 7.05 Å². The number of nitrogens with one attached hydrogen (secondary N) is 2. The fraction of sp³-hybridized carbons (Fsp3) is 0.0120. The number of hydrogen-bond donors (Lipinski definition) is 7. The summed E-state index contributed by atoms with van der Waals surface area (Å²) in [5.74, 6) is 0.944. The second-order valence-corrected chi connectivity index (χ2v) is 26.3. The molecule has 0 saturated carbocycles. The lowest BCUT2D eigenvalue weighted by Gasteiger charge is -2.11. The van der Waals surface area contributed by atoms with Crippen LogP contribution in [0.3, 0.4) is 0 Å². The Hall–Kier alpha value is -18.7. The van der Waals surface area contributed by atoms with Crippen LogP contribution in [0.1, 0.15) is 28.5 Å². The normalized spacial score (nSPS) is 10.6. The van der Waals surface area contributed by atoms with Crippen LogP contribution in [-0.4, -0.2) is 129 Å². The minimum absolute atomic E-state index is 0.0110. The van der Waals surface area contributed by atoms with E-state index in [0.717, 1.165) is 88.0 Å². The molecule has 0 fully saturated rings. The van der Waals surface area contributed by atoms with E-state index >= 15 is 0 Å². The highest BCUT2D eigenvalue weighted by atomic mass is 32.1. The molecule has 0 radical (unpaired) electrons. The summed E-state index contributed by atoms with van der Waals surface area (Å²) in [7, 11) is 1.82. The van der Waals surface area contributed by atoms with E-state index in [0.29, 0.717) is 73.5 Å². The van der Waals surface area contributed by atoms with Crippen molar-refractivity contribution in [2.45, 2.75) is 0 Å². The fourth-order valence-corrected chi connectivity index (χ4v) is 13.0. The Kier molecular flexibility index (Phi) is 21.4. The van der Waals surface area contributed by atoms with Gasteiger partial charge in [-0.05, 0) is 115 Å². The summed E-state index contributed by atoms with van der Waals surface area (Å²) in [6, 6.07) is 61.2. The lowest BCUT2D eigenvalue weighted by Crippen LogP contribution is -2.05. The van der Waals surface area contributed by atoms with Gasteiger partial charge in [-0.3, -0.25) is 39.8 Å². The topological polar surface area (TPSA) is 595 Å². The number of rotatable bonds is 10. The van der Waals surface area contributed by atoms with Crippen molar-refractivity contribution >= 4 is 95.1 Å². The summed E-state index contributed by atoms with van der Waals surface area (Å²) in [4.78, 5) is 77.4. The zero-order valence-electron chi connectivity index (χ0n) is 62.5. The van der Waals surface area contributed by atoms with Gasteiger partial charge in [-0.1, -0.05) is 65.8 Å². The molecule has 0 unspecified atom stereocenters. The molecule has 20 rings (SSSR count). The third kappa shape index (κ3) is 16.1. The molecule has 0 saturated heterocycles. The molecule has 12 N–H and O–H groups in total. The van der Waals surface area contributed by atoms with Crippen LogP contribution in [0.2, 0.25) is 0 Å². The van der Waals surface area contributed by atoms with Crippen LogP contribution in [0, 0.1) is 56.7 Å². The third-order valence-corrected chi connectivity index (χ3v) is 18.8. The van der Waals surface area contributed by atoms with E-state index in [1.165, 1.54) is 30.5 Å². The molecule has 0 bridgehead atoms. The SMILES string of the molecule is Cn1nccc1-c1nc(N)c(C#N)nc1-c1ccc2ncccc2c1.N#Cc1nc(-c2ccc3ncccc3c2)c(-c2ccn[nH]2)nc1N.N#Cc1nc(-c2ccc3ncccc3c2)c(-c2ncn[nH]2)nc1N.N#Cc1nc(-c2ccc3ncccc3c2)c(-c2ncno2)nc1N.N#Cc1nc(-c2ccc3ncccc3c2)c(-c2ncns2)nc1N. The monoisotopic (exact) mass is 1600 g/mol. The molecule has 0 spiro atoms. The summed E-state index contributed by atoms with van der Waals surface area (Å²) in [5.41, 5.74) is 44.4. The molecule has 15 heterocycles. The first-order valence-electron chi connectivity index (χ1n) is 35.7. The van der Waals surface area contributed by atoms with Crippen LogP contribution in [0.4, 0.5) is 29.1 Å². The van der Waals surface area contributed by atoms with E-state index in [-0.39, 0.29) is 63.4 Å². The summed E-state index contributed by atoms with van der Waals surface area (Å²) < 4.78 is 10.8. The van der Waals surface area contributed by atoms with E-state index in [2.05, 4.69) is 125 Å². The average Bonchev–Trinajstić information content (AvgIpc) is 1.55. The number of nitrogens with two attached hydrogens (primary N) is 5. The highest BCUT2D eigenvalue weighted by Gasteiger charge is 2.25. The fourth-order valence-electron chi connectivity index (χ4n) is 12.5. The molecule has 0 aliphatic heterocycles. The number of H-pyrrole nitrogens is 2. The molecular formula is C83H52N36OS. The first kappa shape index (κ1) is 76.3. The quantitative estimate of drug-likeness (QED) is 0.0668. The molecule has 15 aromatic heterocycles. The van der Waals surface area contributed by atoms with Gasteiger partial charge < -0.3 is 33.2 Å². The molecular weight excluding hydrogens is 1550 g/mol. The van der Waals surface area contributed by atoms with Gasteiger partial charge in [-0.15, -0.1) is 0 Å². The first-order valence-corrected chi connectivity index (χ1v) is 36.5. The Balaban J connectivity index is 0.000000112. The summed E-state index contributed by atoms with van der Waals surface area (Å²) in [6.07, 6.45) is 16.1. The Labute approximate surface area is 685 Å². The lowest BCUT2D eigenvalue weighted by molar-refractivity contribution is 0.429. The number of nitriles is 5. The zero-order chi connectivity index (χ0) is 83.5. The van der Waals surface area contributed by atoms with Crippen molar-refractivity contribution < 1.29 is 4.52 Å². The van der Waals surface area contributed by atoms with Crippen LogP contribution < -0.4 is 28.7 Å². The Morgan fingerprint density at radius 1 is 0.339 bits per heavy atom. The molecule has 576 valence electrons. The number of hydrogen-bond acceptors (Lipinski definition) is 35. The van der Waals surface area contributed by atoms with Gasteiger partial charge in [0.15, 0.2) is 80.4 Å². The minimum Gasteiger partial charge on any atom is -0.381 e. The number of aryl methyl sites for hydroxylation is 1. The Morgan fingerprint density at radius 2 is 0.719 bits per heavy atom. The highest BCUT2D eigenvalue weighted by Crippen LogP contribution is 2.38. The number of aromatic amines is 2. The molecule has 0 atom stereocenters. The van der Waals surface area contributed by atoms with Crippen molar-refractivity contribution in [1.82, 2.24) is 129 Å². The summed E-state index contributed by atoms with van der Waals surface area (Å²) in [5, 5.41) is 72.7. The van der Waals surface area contributed by atoms with Crippen LogP contribution in [0.15, 0.2) is 231 Å². The van der Waals surface area contributed by atoms with Crippen molar-refractivity contribution in [1.29, 1.82) is 26.3 Å². The number of nitrogen functional groups attached to an aromatic ring is 5. The number of pyridine rings is 5. The third-order valence-electron chi connectivity index (χ3n) is 18.1. The predicted octanol–water partition coefficient (Wildman–Crippen LogP) is 11.9. The van der Waals surface area contributed by atoms with Crippen LogP contribution >= 0.6 is 11.5 Å². The molecule has 0 amide bonds. The second kappa shape index (κ2) is 33.9. The maximum absolute atomic E-state index is 9.28. The van der Waals surface area contributed by atoms with E-state index in [9.17, 15) is 26.3 Å². The van der Waals surface area contributed by atoms with Gasteiger partial charge in [-0.25, -0.2) is 59.8 Å². The van der Waals surface area contributed by atoms with E-state index in [1.807, 2.05) is 195 Å². The standard InChI is InChI=1S/C18H13N7.C17H11N7.C16H10N8.C16H9N7O.C16H9N7S/c1-25-15(6-8-22-25)17-16(23-14(10-19)18(20)24-17)12-4-5-13-11(9-12)3-2-7-21-13;18-9-14-17(19)23-16(13-5-7-21-24-13)15(22-14)11-3-4-12-10(8-11)2-1-6-20-12;3*17-7-12-15(18)23-14(16-20-8-21-24-16)13(22-12)10-3-4-11-9(6-10)2-1-5-19-11/h2-9H,1H3,(H2,20,24);1-8H,(H2,19,23)(H,21,24);1-6,8H,(H2,18,23)(H,20,21,24);2*1-6,8H,(H2,18,23). The van der Waals surface area contributed by atoms with Gasteiger partial charge >= 0.3 is 0 Å². The van der Waals surface area contributed by atoms with Crippen molar-refractivity contribution in [2.75, 3.05) is 28.7 Å². The Morgan fingerprint density at radius 3 is 1.07 bits per heavy atom. The van der Waals surface area contributed by atoms with Gasteiger partial charge in [0.25, 0.3) is 5.89 Å². The highest BCUT2D eigenvalue weighted by molar-refractivity contribution is 7.09. The molecule has 37 nitrogen and oxygen atoms in total. The van der Waals surface area contributed by atoms with Crippen LogP contribution in [0.5, 0.6) is 0 Å². The summed E-state index contributed by atoms with van der Waals surface area (Å²) >= 11 is 1.20. The largest absolute Gasteiger partial charge is 0.381 e. The van der Waals surface area contributed by atoms with Gasteiger partial charge in [0.2, 0.25) is 0 Å². The number of aromatic nitrogens is 26. The molecule has 121 heavy (non-hydrogen) atoms. The Bertz CT molecular complexity index is 6830. The number of nitrogens with zero attached hydrogens (tertiary/aromatic N) is 29. The molecule has 38 heteroatoms. The van der Waals surface area contributed by atoms with Crippen molar-refractivity contribution in [3.05, 3.63) is 255 Å². The van der Waals surface area contributed by atoms with E-state index < -0.39 is 0 Å². The van der Waals surface area contributed by atoms with Gasteiger partial charge in [0, 0.05) is 105 Å². The maximum atomic E-state index is 9.28. The molecule has 5 aromatic carbocycles.